The second-order valence-corrected chi connectivity index (χ2v) is 2.50. The molecule has 0 saturated heterocycles. The molecule has 11 heteroatoms. The first-order valence-electron chi connectivity index (χ1n) is 3.42. The van der Waals surface area contributed by atoms with Crippen LogP contribution in [0, 0.1) is 0 Å². The first kappa shape index (κ1) is 15.6. The van der Waals surface area contributed by atoms with Crippen molar-refractivity contribution in [3.8, 4) is 0 Å². The van der Waals surface area contributed by atoms with Gasteiger partial charge in [-0.3, -0.25) is 0 Å². The Labute approximate surface area is 86.5 Å². The number of rotatable bonds is 3. The van der Waals surface area contributed by atoms with Gasteiger partial charge in [0.05, 0.1) is 0 Å². The summed E-state index contributed by atoms with van der Waals surface area (Å²) in [6.45, 7) is 0. The zero-order chi connectivity index (χ0) is 14.0. The van der Waals surface area contributed by atoms with E-state index in [1.165, 1.54) is 0 Å². The highest BCUT2D eigenvalue weighted by Crippen LogP contribution is 2.46. The summed E-state index contributed by atoms with van der Waals surface area (Å²) >= 11 is 0. The molecule has 0 fully saturated rings. The molecule has 0 saturated carbocycles. The van der Waals surface area contributed by atoms with E-state index < -0.39 is 35.9 Å². The summed E-state index contributed by atoms with van der Waals surface area (Å²) in [5, 5.41) is 0. The lowest BCUT2D eigenvalue weighted by molar-refractivity contribution is -0.258. The summed E-state index contributed by atoms with van der Waals surface area (Å²) in [6.07, 6.45) is -11.6. The van der Waals surface area contributed by atoms with Crippen molar-refractivity contribution in [2.45, 2.75) is 18.3 Å². The van der Waals surface area contributed by atoms with Gasteiger partial charge in [-0.25, -0.2) is 27.3 Å². The highest BCUT2D eigenvalue weighted by molar-refractivity contribution is 5.86. The third-order valence-electron chi connectivity index (χ3n) is 1.47. The average Bonchev–Trinajstić information content (AvgIpc) is 2.22. The Hall–Kier alpha value is -1.42. The van der Waals surface area contributed by atoms with Gasteiger partial charge in [0.25, 0.3) is 6.43 Å². The van der Waals surface area contributed by atoms with Gasteiger partial charge in [0.1, 0.15) is 0 Å². The van der Waals surface area contributed by atoms with Gasteiger partial charge in [0.15, 0.2) is 5.83 Å². The smallest absolute Gasteiger partial charge is 0.247 e. The average molecular weight is 276 g/mol. The molecule has 0 bridgehead atoms. The molecule has 0 aliphatic carbocycles. The van der Waals surface area contributed by atoms with Crippen molar-refractivity contribution >= 4 is 5.97 Å². The van der Waals surface area contributed by atoms with Crippen molar-refractivity contribution < 1.29 is 49.4 Å². The van der Waals surface area contributed by atoms with Crippen LogP contribution in [0.2, 0.25) is 0 Å². The Morgan fingerprint density at radius 2 is 1.47 bits per heavy atom. The molecule has 0 aromatic rings. The lowest BCUT2D eigenvalue weighted by Gasteiger charge is -2.25. The van der Waals surface area contributed by atoms with Gasteiger partial charge in [-0.2, -0.15) is 17.6 Å². The first-order chi connectivity index (χ1) is 7.50. The summed E-state index contributed by atoms with van der Waals surface area (Å²) in [6, 6.07) is 0. The molecule has 1 atom stereocenters. The van der Waals surface area contributed by atoms with Gasteiger partial charge in [0.2, 0.25) is 5.83 Å². The minimum absolute atomic E-state index is 1.93. The van der Waals surface area contributed by atoms with Crippen molar-refractivity contribution in [1.82, 2.24) is 0 Å². The van der Waals surface area contributed by atoms with Gasteiger partial charge in [-0.15, -0.1) is 0 Å². The Morgan fingerprint density at radius 3 is 1.71 bits per heavy atom. The third kappa shape index (κ3) is 2.64. The van der Waals surface area contributed by atoms with E-state index in [-0.39, 0.29) is 0 Å². The quantitative estimate of drug-likeness (QED) is 0.585. The van der Waals surface area contributed by atoms with Crippen LogP contribution >= 0.6 is 0 Å². The molecular formula is C6HF9O2. The highest BCUT2D eigenvalue weighted by Gasteiger charge is 2.67. The molecule has 0 aliphatic heterocycles. The monoisotopic (exact) mass is 276 g/mol. The van der Waals surface area contributed by atoms with Crippen molar-refractivity contribution in [2.75, 3.05) is 0 Å². The molecule has 0 radical (unpaired) electrons. The molecule has 0 amide bonds. The standard InChI is InChI=1S/C6HF9O2/c7-1(3(16)17-15)2(8)5(11,4(9)10)6(12,13)14/h4H. The molecule has 0 aromatic heterocycles. The fourth-order valence-electron chi connectivity index (χ4n) is 0.627. The summed E-state index contributed by atoms with van der Waals surface area (Å²) in [4.78, 5) is 11.8. The number of hydrogen-bond acceptors (Lipinski definition) is 2. The van der Waals surface area contributed by atoms with Crippen LogP contribution < -0.4 is 0 Å². The highest BCUT2D eigenvalue weighted by atomic mass is 19.4. The van der Waals surface area contributed by atoms with Crippen LogP contribution in [0.4, 0.5) is 39.6 Å². The van der Waals surface area contributed by atoms with Gasteiger partial charge < -0.3 is 0 Å². The fourth-order valence-corrected chi connectivity index (χ4v) is 0.627. The molecule has 0 aliphatic rings. The van der Waals surface area contributed by atoms with E-state index in [0.717, 1.165) is 0 Å². The zero-order valence-electron chi connectivity index (χ0n) is 7.30. The predicted molar refractivity (Wildman–Crippen MR) is 32.3 cm³/mol. The SMILES string of the molecule is O=C(OF)C(F)=C(F)C(F)(C(F)F)C(F)(F)F. The fraction of sp³-hybridized carbons (Fsp3) is 0.500. The van der Waals surface area contributed by atoms with Gasteiger partial charge in [-0.05, 0) is 0 Å². The number of allylic oxidation sites excluding steroid dienone is 1. The Balaban J connectivity index is 5.76. The van der Waals surface area contributed by atoms with E-state index >= 15 is 0 Å². The third-order valence-corrected chi connectivity index (χ3v) is 1.47. The lowest BCUT2D eigenvalue weighted by atomic mass is 10.0. The van der Waals surface area contributed by atoms with Crippen LogP contribution in [0.5, 0.6) is 0 Å². The van der Waals surface area contributed by atoms with E-state index in [0.29, 0.717) is 0 Å². The predicted octanol–water partition coefficient (Wildman–Crippen LogP) is 3.10. The molecule has 100 valence electrons. The first-order valence-corrected chi connectivity index (χ1v) is 3.42. The molecule has 17 heavy (non-hydrogen) atoms. The van der Waals surface area contributed by atoms with Crippen LogP contribution in [0.1, 0.15) is 0 Å². The summed E-state index contributed by atoms with van der Waals surface area (Å²) < 4.78 is 107. The van der Waals surface area contributed by atoms with Gasteiger partial charge >= 0.3 is 17.8 Å². The summed E-state index contributed by atoms with van der Waals surface area (Å²) in [7, 11) is 0. The molecule has 1 unspecified atom stereocenters. The maximum atomic E-state index is 12.7. The van der Waals surface area contributed by atoms with Crippen molar-refractivity contribution in [2.24, 2.45) is 0 Å². The number of carbonyl (C=O) groups excluding carboxylic acids is 1. The van der Waals surface area contributed by atoms with E-state index in [9.17, 15) is 44.4 Å². The Bertz CT molecular complexity index is 333. The Morgan fingerprint density at radius 1 is 1.06 bits per heavy atom. The molecule has 2 nitrogen and oxygen atoms in total. The van der Waals surface area contributed by atoms with Crippen LogP contribution in [0.15, 0.2) is 11.7 Å². The van der Waals surface area contributed by atoms with E-state index in [4.69, 9.17) is 0 Å². The van der Waals surface area contributed by atoms with Crippen LogP contribution in [0.25, 0.3) is 0 Å². The largest absolute Gasteiger partial charge is 0.435 e. The number of halogens is 9. The number of alkyl halides is 6. The van der Waals surface area contributed by atoms with Crippen LogP contribution in [-0.4, -0.2) is 24.2 Å². The van der Waals surface area contributed by atoms with E-state index in [2.05, 4.69) is 0 Å². The van der Waals surface area contributed by atoms with Crippen molar-refractivity contribution in [3.63, 3.8) is 0 Å². The van der Waals surface area contributed by atoms with Crippen LogP contribution in [0.3, 0.4) is 0 Å². The molecule has 0 N–H and O–H groups in total. The van der Waals surface area contributed by atoms with Crippen LogP contribution in [-0.2, 0) is 9.74 Å². The summed E-state index contributed by atoms with van der Waals surface area (Å²) in [5.41, 5.74) is -6.06. The van der Waals surface area contributed by atoms with Crippen molar-refractivity contribution in [1.29, 1.82) is 0 Å². The zero-order valence-corrected chi connectivity index (χ0v) is 7.30. The van der Waals surface area contributed by atoms with E-state index in [1.54, 1.807) is 0 Å². The molecule has 0 rings (SSSR count). The second kappa shape index (κ2) is 4.84. The minimum Gasteiger partial charge on any atom is -0.247 e. The lowest BCUT2D eigenvalue weighted by Crippen LogP contribution is -2.48. The topological polar surface area (TPSA) is 26.3 Å². The maximum Gasteiger partial charge on any atom is 0.435 e. The summed E-state index contributed by atoms with van der Waals surface area (Å²) in [5.74, 6) is -10.2. The molecule has 0 heterocycles. The van der Waals surface area contributed by atoms with Gasteiger partial charge in [0, 0.05) is 4.53 Å². The normalized spacial score (nSPS) is 17.5. The van der Waals surface area contributed by atoms with E-state index in [1.807, 2.05) is 4.94 Å². The minimum atomic E-state index is -6.56. The second-order valence-electron chi connectivity index (χ2n) is 2.50. The van der Waals surface area contributed by atoms with Gasteiger partial charge in [-0.1, -0.05) is 0 Å². The molecular weight excluding hydrogens is 275 g/mol. The maximum absolute atomic E-state index is 12.7. The number of hydrogen-bond donors (Lipinski definition) is 0. The van der Waals surface area contributed by atoms with Crippen molar-refractivity contribution in [3.05, 3.63) is 11.7 Å². The Kier molecular flexibility index (Phi) is 4.43. The number of carbonyl (C=O) groups is 1. The molecule has 0 aromatic carbocycles. The molecule has 0 spiro atoms.